The lowest BCUT2D eigenvalue weighted by Crippen LogP contribution is -2.33. The monoisotopic (exact) mass is 728 g/mol. The molecule has 0 unspecified atom stereocenters. The minimum Gasteiger partial charge on any atom is -0.458 e. The molecule has 284 valence electrons. The van der Waals surface area contributed by atoms with E-state index in [4.69, 9.17) is 15.6 Å². The molecule has 10 atom stereocenters. The number of esters is 1. The number of aliphatic hydroxyl groups excluding tert-OH is 1. The Hall–Kier alpha value is -4.67. The van der Waals surface area contributed by atoms with Crippen LogP contribution in [-0.2, 0) is 14.2 Å². The number of nitrogens with one attached hydrogen (secondary N) is 2. The Labute approximate surface area is 301 Å². The minimum atomic E-state index is -0.553. The van der Waals surface area contributed by atoms with Crippen molar-refractivity contribution < 1.29 is 30.4 Å². The summed E-state index contributed by atoms with van der Waals surface area (Å²) in [7, 11) is 0. The topological polar surface area (TPSA) is 218 Å². The number of hydrogen-bond donors (Lipinski definition) is 3. The third-order valence-electron chi connectivity index (χ3n) is 10.2. The highest BCUT2D eigenvalue weighted by Gasteiger charge is 2.51. The van der Waals surface area contributed by atoms with Crippen LogP contribution in [0.15, 0.2) is 55.8 Å². The van der Waals surface area contributed by atoms with E-state index in [9.17, 15) is 39.2 Å². The van der Waals surface area contributed by atoms with Crippen LogP contribution in [0, 0.1) is 47.6 Å². The molecule has 16 heteroatoms. The van der Waals surface area contributed by atoms with E-state index in [1.807, 2.05) is 6.92 Å². The molecule has 1 aromatic carbocycles. The third kappa shape index (κ3) is 8.03. The maximum atomic E-state index is 12.5. The van der Waals surface area contributed by atoms with Crippen LogP contribution >= 0.6 is 0 Å². The van der Waals surface area contributed by atoms with Crippen molar-refractivity contribution in [1.29, 1.82) is 0 Å². The highest BCUT2D eigenvalue weighted by molar-refractivity contribution is 5.89. The Morgan fingerprint density at radius 3 is 1.83 bits per heavy atom. The summed E-state index contributed by atoms with van der Waals surface area (Å²) in [5.41, 5.74) is -0.774. The van der Waals surface area contributed by atoms with Gasteiger partial charge in [-0.15, -0.1) is 0 Å². The Bertz CT molecular complexity index is 1990. The highest BCUT2D eigenvalue weighted by Crippen LogP contribution is 2.47. The number of nitro groups is 1. The molecule has 16 nitrogen and oxygen atoms in total. The number of nitro benzene ring substituents is 1. The average molecular weight is 729 g/mol. The van der Waals surface area contributed by atoms with Gasteiger partial charge in [0.05, 0.1) is 28.8 Å². The van der Waals surface area contributed by atoms with Gasteiger partial charge in [0.2, 0.25) is 0 Å². The predicted octanol–water partition coefficient (Wildman–Crippen LogP) is 3.73. The zero-order valence-electron chi connectivity index (χ0n) is 30.1. The molecule has 2 saturated carbocycles. The Morgan fingerprint density at radius 2 is 1.35 bits per heavy atom. The van der Waals surface area contributed by atoms with Crippen molar-refractivity contribution in [2.24, 2.45) is 23.7 Å². The molecule has 0 amide bonds. The lowest BCUT2D eigenvalue weighted by Gasteiger charge is -2.19. The minimum absolute atomic E-state index is 0. The van der Waals surface area contributed by atoms with Gasteiger partial charge in [-0.05, 0) is 50.7 Å². The molecule has 52 heavy (non-hydrogen) atoms. The molecular formula is C36H49N5O11. The molecule has 2 aliphatic heterocycles. The van der Waals surface area contributed by atoms with E-state index in [0.717, 1.165) is 6.42 Å². The number of H-pyrrole nitrogens is 2. The van der Waals surface area contributed by atoms with Gasteiger partial charge in [-0.25, -0.2) is 14.4 Å². The van der Waals surface area contributed by atoms with E-state index in [2.05, 4.69) is 16.9 Å². The van der Waals surface area contributed by atoms with Crippen LogP contribution in [0.25, 0.3) is 0 Å². The van der Waals surface area contributed by atoms with E-state index in [1.165, 1.54) is 45.8 Å². The zero-order chi connectivity index (χ0) is 38.0. The first kappa shape index (κ1) is 38.6. The Kier molecular flexibility index (Phi) is 12.1. The molecule has 3 aromatic rings. The number of carbonyl (C=O) groups excluding carboxylic acids is 1. The normalized spacial score (nSPS) is 30.0. The summed E-state index contributed by atoms with van der Waals surface area (Å²) < 4.78 is 26.7. The molecule has 2 saturated heterocycles. The molecule has 4 aliphatic rings. The van der Waals surface area contributed by atoms with Gasteiger partial charge in [0.25, 0.3) is 16.8 Å². The van der Waals surface area contributed by atoms with Crippen molar-refractivity contribution >= 4 is 11.7 Å². The summed E-state index contributed by atoms with van der Waals surface area (Å²) >= 11 is 0. The molecule has 3 N–H and O–H groups in total. The van der Waals surface area contributed by atoms with Crippen molar-refractivity contribution in [2.45, 2.75) is 112 Å². The van der Waals surface area contributed by atoms with E-state index >= 15 is 0 Å². The lowest BCUT2D eigenvalue weighted by molar-refractivity contribution is -0.384. The van der Waals surface area contributed by atoms with Gasteiger partial charge in [0, 0.05) is 61.7 Å². The SMILES string of the molecule is C.Cc1cn([C@H]2C[C@@H]3[C@H](O2)[C@H](C)C[C@H]3O)c(=O)[nH]c1=O.Cc1cn([C@H]2C[C@@H]3[C@H](O2)[C@H](C)C[C@H]3OC(=O)c2ccc([N+](=O)[O-])cc2)c(=O)[nH]c1=O.[2H]CC. The fourth-order valence-corrected chi connectivity index (χ4v) is 7.65. The fraction of sp³-hybridized carbons (Fsp3) is 0.583. The molecule has 0 radical (unpaired) electrons. The Balaban J connectivity index is 0.000000234. The van der Waals surface area contributed by atoms with Crippen molar-refractivity contribution in [3.05, 3.63) is 105 Å². The quantitative estimate of drug-likeness (QED) is 0.195. The largest absolute Gasteiger partial charge is 0.458 e. The van der Waals surface area contributed by atoms with E-state index in [1.54, 1.807) is 20.8 Å². The second-order valence-electron chi connectivity index (χ2n) is 13.6. The summed E-state index contributed by atoms with van der Waals surface area (Å²) in [5.74, 6) is -0.146. The van der Waals surface area contributed by atoms with Gasteiger partial charge in [0.1, 0.15) is 18.6 Å². The van der Waals surface area contributed by atoms with Crippen LogP contribution in [0.4, 0.5) is 5.69 Å². The fourth-order valence-electron chi connectivity index (χ4n) is 7.65. The first-order chi connectivity index (χ1) is 24.6. The van der Waals surface area contributed by atoms with E-state index in [0.29, 0.717) is 43.2 Å². The number of aromatic amines is 2. The number of nitrogens with zero attached hydrogens (tertiary/aromatic N) is 3. The average Bonchev–Trinajstić information content (AvgIpc) is 3.85. The molecule has 0 spiro atoms. The number of aromatic nitrogens is 4. The number of non-ortho nitro benzene ring substituents is 1. The second kappa shape index (κ2) is 16.3. The van der Waals surface area contributed by atoms with Gasteiger partial charge in [-0.2, -0.15) is 0 Å². The number of fused-ring (bicyclic) bond motifs is 2. The number of benzene rings is 1. The standard InChI is InChI=1S/C20H21N3O7.C13H18N2O4.C2H6.CH4/c1-10-7-15(29-19(25)12-3-5-13(6-4-12)23(27)28)14-8-16(30-17(10)14)22-9-11(2)18(24)21-20(22)26;1-6-3-9(16)8-4-10(19-11(6)8)15-5-7(2)12(17)14-13(15)18;1-2;/h3-6,9-10,14-17H,7-8H2,1-2H3,(H,21,24,26);5-6,8-11,16H,3-4H2,1-2H3,(H,14,17,18);1-2H3;1H4/t10-,14+,15-,16-,17-;6-,8+,9-,10-,11-;;/m11../s1/i;;1D;. The van der Waals surface area contributed by atoms with Gasteiger partial charge in [-0.1, -0.05) is 35.1 Å². The summed E-state index contributed by atoms with van der Waals surface area (Å²) in [6.45, 7) is 9.61. The second-order valence-corrected chi connectivity index (χ2v) is 13.6. The smallest absolute Gasteiger partial charge is 0.338 e. The van der Waals surface area contributed by atoms with Crippen molar-refractivity contribution in [3.8, 4) is 0 Å². The summed E-state index contributed by atoms with van der Waals surface area (Å²) in [6, 6.07) is 5.26. The molecule has 4 heterocycles. The van der Waals surface area contributed by atoms with Crippen LogP contribution in [0.3, 0.4) is 0 Å². The first-order valence-electron chi connectivity index (χ1n) is 17.7. The van der Waals surface area contributed by atoms with Gasteiger partial charge < -0.3 is 19.3 Å². The first-order valence-corrected chi connectivity index (χ1v) is 17.0. The maximum Gasteiger partial charge on any atom is 0.338 e. The third-order valence-corrected chi connectivity index (χ3v) is 10.2. The highest BCUT2D eigenvalue weighted by atomic mass is 16.6. The molecule has 2 aliphatic carbocycles. The summed E-state index contributed by atoms with van der Waals surface area (Å²) in [4.78, 5) is 74.3. The van der Waals surface area contributed by atoms with Gasteiger partial charge in [-0.3, -0.25) is 38.8 Å². The number of hydrogen-bond acceptors (Lipinski definition) is 11. The van der Waals surface area contributed by atoms with Crippen LogP contribution in [-0.4, -0.2) is 59.5 Å². The van der Waals surface area contributed by atoms with Gasteiger partial charge in [0.15, 0.2) is 0 Å². The molecular weight excluding hydrogens is 678 g/mol. The number of rotatable bonds is 5. The summed E-state index contributed by atoms with van der Waals surface area (Å²) in [5, 5.41) is 20.7. The summed E-state index contributed by atoms with van der Waals surface area (Å²) in [6.07, 6.45) is 3.60. The van der Waals surface area contributed by atoms with E-state index in [-0.39, 0.29) is 60.3 Å². The van der Waals surface area contributed by atoms with Crippen LogP contribution in [0.1, 0.15) is 96.1 Å². The van der Waals surface area contributed by atoms with Crippen LogP contribution in [0.5, 0.6) is 0 Å². The van der Waals surface area contributed by atoms with Gasteiger partial charge >= 0.3 is 17.3 Å². The van der Waals surface area contributed by atoms with Crippen LogP contribution in [0.2, 0.25) is 0 Å². The maximum absolute atomic E-state index is 12.5. The number of carbonyl (C=O) groups is 1. The van der Waals surface area contributed by atoms with Crippen molar-refractivity contribution in [3.63, 3.8) is 0 Å². The number of ether oxygens (including phenoxy) is 3. The molecule has 4 fully saturated rings. The van der Waals surface area contributed by atoms with E-state index < -0.39 is 46.4 Å². The van der Waals surface area contributed by atoms with Crippen LogP contribution < -0.4 is 22.5 Å². The molecule has 7 rings (SSSR count). The predicted molar refractivity (Wildman–Crippen MR) is 190 cm³/mol. The van der Waals surface area contributed by atoms with Crippen molar-refractivity contribution in [1.82, 2.24) is 19.1 Å². The lowest BCUT2D eigenvalue weighted by atomic mass is 10.00. The molecule has 2 aromatic heterocycles. The number of aryl methyl sites for hydroxylation is 2. The Morgan fingerprint density at radius 1 is 0.885 bits per heavy atom. The van der Waals surface area contributed by atoms with Crippen molar-refractivity contribution in [2.75, 3.05) is 0 Å². The number of aliphatic hydroxyl groups is 1. The zero-order valence-corrected chi connectivity index (χ0v) is 29.1. The molecule has 0 bridgehead atoms.